The molecule has 0 heterocycles. The van der Waals surface area contributed by atoms with E-state index < -0.39 is 0 Å². The summed E-state index contributed by atoms with van der Waals surface area (Å²) in [5, 5.41) is 9.36. The highest BCUT2D eigenvalue weighted by Gasteiger charge is 2.14. The summed E-state index contributed by atoms with van der Waals surface area (Å²) in [6, 6.07) is 16.0. The molecule has 4 heteroatoms. The topological polar surface area (TPSA) is 59.3 Å². The molecule has 2 rings (SSSR count). The number of nitrogens with zero attached hydrogens (tertiary/aromatic N) is 1. The van der Waals surface area contributed by atoms with Crippen molar-refractivity contribution in [2.24, 2.45) is 0 Å². The molecule has 0 saturated carbocycles. The lowest BCUT2D eigenvalue weighted by molar-refractivity contribution is 0.104. The second kappa shape index (κ2) is 7.81. The monoisotopic (exact) mass is 307 g/mol. The molecule has 23 heavy (non-hydrogen) atoms. The summed E-state index contributed by atoms with van der Waals surface area (Å²) in [6.07, 6.45) is 1.53. The Morgan fingerprint density at radius 2 is 1.91 bits per heavy atom. The average molecular weight is 307 g/mol. The van der Waals surface area contributed by atoms with Gasteiger partial charge in [0.15, 0.2) is 11.5 Å². The van der Waals surface area contributed by atoms with Gasteiger partial charge in [-0.2, -0.15) is 5.26 Å². The molecule has 4 nitrogen and oxygen atoms in total. The van der Waals surface area contributed by atoms with Crippen molar-refractivity contribution < 1.29 is 14.3 Å². The van der Waals surface area contributed by atoms with Crippen molar-refractivity contribution >= 4 is 11.9 Å². The second-order valence-corrected chi connectivity index (χ2v) is 4.68. The summed E-state index contributed by atoms with van der Waals surface area (Å²) in [5.74, 6) is 0.759. The summed E-state index contributed by atoms with van der Waals surface area (Å²) in [5.41, 5.74) is 1.15. The number of benzene rings is 2. The van der Waals surface area contributed by atoms with Gasteiger partial charge in [0.05, 0.1) is 13.7 Å². The minimum atomic E-state index is -0.321. The average Bonchev–Trinajstić information content (AvgIpc) is 2.61. The molecule has 0 aliphatic carbocycles. The molecule has 2 aromatic carbocycles. The van der Waals surface area contributed by atoms with Gasteiger partial charge in [-0.3, -0.25) is 4.79 Å². The number of para-hydroxylation sites is 1. The molecule has 0 atom stereocenters. The van der Waals surface area contributed by atoms with E-state index in [1.165, 1.54) is 6.08 Å². The number of ketones is 1. The first-order chi connectivity index (χ1) is 11.2. The van der Waals surface area contributed by atoms with Crippen LogP contribution < -0.4 is 9.47 Å². The highest BCUT2D eigenvalue weighted by molar-refractivity contribution is 6.14. The minimum Gasteiger partial charge on any atom is -0.493 e. The quantitative estimate of drug-likeness (QED) is 0.461. The summed E-state index contributed by atoms with van der Waals surface area (Å²) >= 11 is 0. The van der Waals surface area contributed by atoms with Crippen LogP contribution in [-0.2, 0) is 0 Å². The Labute approximate surface area is 135 Å². The third-order valence-electron chi connectivity index (χ3n) is 3.22. The van der Waals surface area contributed by atoms with Gasteiger partial charge in [-0.15, -0.1) is 0 Å². The van der Waals surface area contributed by atoms with Crippen LogP contribution in [0.4, 0.5) is 0 Å². The van der Waals surface area contributed by atoms with Gasteiger partial charge in [0.25, 0.3) is 0 Å². The Morgan fingerprint density at radius 3 is 2.52 bits per heavy atom. The van der Waals surface area contributed by atoms with Gasteiger partial charge in [0, 0.05) is 11.1 Å². The van der Waals surface area contributed by atoms with Crippen LogP contribution in [0.15, 0.2) is 54.1 Å². The zero-order valence-electron chi connectivity index (χ0n) is 13.1. The zero-order chi connectivity index (χ0) is 16.7. The highest BCUT2D eigenvalue weighted by Crippen LogP contribution is 2.32. The standard InChI is InChI=1S/C19H17NO3/c1-3-23-19-15(10-7-11-17(19)22-2)12-16(13-20)18(21)14-8-5-4-6-9-14/h4-12H,3H2,1-2H3/b16-12+. The summed E-state index contributed by atoms with van der Waals surface area (Å²) in [4.78, 5) is 12.4. The van der Waals surface area contributed by atoms with Crippen molar-refractivity contribution in [1.29, 1.82) is 5.26 Å². The van der Waals surface area contributed by atoms with Crippen LogP contribution in [0, 0.1) is 11.3 Å². The number of rotatable bonds is 6. The number of nitriles is 1. The van der Waals surface area contributed by atoms with E-state index in [-0.39, 0.29) is 11.4 Å². The van der Waals surface area contributed by atoms with E-state index >= 15 is 0 Å². The van der Waals surface area contributed by atoms with Gasteiger partial charge in [-0.25, -0.2) is 0 Å². The number of ether oxygens (including phenoxy) is 2. The van der Waals surface area contributed by atoms with Crippen LogP contribution >= 0.6 is 0 Å². The number of hydrogen-bond acceptors (Lipinski definition) is 4. The van der Waals surface area contributed by atoms with Crippen LogP contribution in [0.5, 0.6) is 11.5 Å². The Balaban J connectivity index is 2.47. The van der Waals surface area contributed by atoms with E-state index in [1.807, 2.05) is 19.1 Å². The Kier molecular flexibility index (Phi) is 5.54. The molecule has 2 aromatic rings. The fourth-order valence-electron chi connectivity index (χ4n) is 2.16. The molecule has 0 radical (unpaired) electrons. The van der Waals surface area contributed by atoms with E-state index in [9.17, 15) is 10.1 Å². The number of carbonyl (C=O) groups is 1. The van der Waals surface area contributed by atoms with Crippen molar-refractivity contribution in [1.82, 2.24) is 0 Å². The van der Waals surface area contributed by atoms with Gasteiger partial charge >= 0.3 is 0 Å². The smallest absolute Gasteiger partial charge is 0.203 e. The SMILES string of the molecule is CCOc1c(/C=C(\C#N)C(=O)c2ccccc2)cccc1OC. The molecule has 0 amide bonds. The van der Waals surface area contributed by atoms with Gasteiger partial charge < -0.3 is 9.47 Å². The first-order valence-electron chi connectivity index (χ1n) is 7.22. The molecule has 0 bridgehead atoms. The van der Waals surface area contributed by atoms with Gasteiger partial charge in [-0.05, 0) is 19.1 Å². The summed E-state index contributed by atoms with van der Waals surface area (Å²) in [7, 11) is 1.55. The summed E-state index contributed by atoms with van der Waals surface area (Å²) < 4.78 is 10.9. The van der Waals surface area contributed by atoms with Crippen LogP contribution in [0.3, 0.4) is 0 Å². The minimum absolute atomic E-state index is 0.0467. The molecular formula is C19H17NO3. The molecule has 0 N–H and O–H groups in total. The predicted molar refractivity (Wildman–Crippen MR) is 88.5 cm³/mol. The van der Waals surface area contributed by atoms with Crippen LogP contribution in [-0.4, -0.2) is 19.5 Å². The molecule has 0 saturated heterocycles. The van der Waals surface area contributed by atoms with E-state index in [0.717, 1.165) is 0 Å². The maximum atomic E-state index is 12.4. The van der Waals surface area contributed by atoms with Crippen molar-refractivity contribution in [3.8, 4) is 17.6 Å². The van der Waals surface area contributed by atoms with Crippen LogP contribution in [0.1, 0.15) is 22.8 Å². The third kappa shape index (κ3) is 3.78. The lowest BCUT2D eigenvalue weighted by Gasteiger charge is -2.12. The van der Waals surface area contributed by atoms with E-state index in [1.54, 1.807) is 49.6 Å². The normalized spacial score (nSPS) is 10.7. The molecular weight excluding hydrogens is 290 g/mol. The first kappa shape index (κ1) is 16.3. The number of allylic oxidation sites excluding steroid dienone is 1. The van der Waals surface area contributed by atoms with Gasteiger partial charge in [0.2, 0.25) is 5.78 Å². The Bertz CT molecular complexity index is 758. The van der Waals surface area contributed by atoms with E-state index in [4.69, 9.17) is 9.47 Å². The van der Waals surface area contributed by atoms with Crippen LogP contribution in [0.2, 0.25) is 0 Å². The first-order valence-corrected chi connectivity index (χ1v) is 7.22. The van der Waals surface area contributed by atoms with E-state index in [2.05, 4.69) is 0 Å². The zero-order valence-corrected chi connectivity index (χ0v) is 13.1. The van der Waals surface area contributed by atoms with Gasteiger partial charge in [0.1, 0.15) is 11.6 Å². The molecule has 0 fully saturated rings. The highest BCUT2D eigenvalue weighted by atomic mass is 16.5. The maximum absolute atomic E-state index is 12.4. The largest absolute Gasteiger partial charge is 0.493 e. The van der Waals surface area contributed by atoms with Gasteiger partial charge in [-0.1, -0.05) is 42.5 Å². The predicted octanol–water partition coefficient (Wildman–Crippen LogP) is 3.88. The van der Waals surface area contributed by atoms with E-state index in [0.29, 0.717) is 29.2 Å². The fourth-order valence-corrected chi connectivity index (χ4v) is 2.16. The van der Waals surface area contributed by atoms with Crippen molar-refractivity contribution in [2.45, 2.75) is 6.92 Å². The van der Waals surface area contributed by atoms with Crippen LogP contribution in [0.25, 0.3) is 6.08 Å². The second-order valence-electron chi connectivity index (χ2n) is 4.68. The molecule has 0 aliphatic heterocycles. The third-order valence-corrected chi connectivity index (χ3v) is 3.22. The maximum Gasteiger partial charge on any atom is 0.203 e. The Morgan fingerprint density at radius 1 is 1.17 bits per heavy atom. The molecule has 0 spiro atoms. The number of Topliss-reactive ketones (excluding diaryl/α,β-unsaturated/α-hetero) is 1. The molecule has 0 unspecified atom stereocenters. The van der Waals surface area contributed by atoms with Crippen molar-refractivity contribution in [3.63, 3.8) is 0 Å². The number of methoxy groups -OCH3 is 1. The Hall–Kier alpha value is -3.06. The lowest BCUT2D eigenvalue weighted by atomic mass is 10.0. The fraction of sp³-hybridized carbons (Fsp3) is 0.158. The van der Waals surface area contributed by atoms with Crippen molar-refractivity contribution in [3.05, 3.63) is 65.2 Å². The molecule has 116 valence electrons. The van der Waals surface area contributed by atoms with Crippen molar-refractivity contribution in [2.75, 3.05) is 13.7 Å². The number of hydrogen-bond donors (Lipinski definition) is 0. The summed E-state index contributed by atoms with van der Waals surface area (Å²) in [6.45, 7) is 2.32. The lowest BCUT2D eigenvalue weighted by Crippen LogP contribution is -2.02. The molecule has 0 aliphatic rings. The number of carbonyl (C=O) groups excluding carboxylic acids is 1. The molecule has 0 aromatic heterocycles.